The summed E-state index contributed by atoms with van der Waals surface area (Å²) in [4.78, 5) is 0. The highest BCUT2D eigenvalue weighted by atomic mass is 35.5. The number of alkyl halides is 3. The second kappa shape index (κ2) is 6.52. The van der Waals surface area contributed by atoms with Crippen molar-refractivity contribution in [2.45, 2.75) is 12.6 Å². The number of rotatable bonds is 3. The number of nitrogens with zero attached hydrogens (tertiary/aromatic N) is 4. The standard InChI is InChI=1S/C16H10ClF3N4/c17-13-7-1-10(2-8-13)9-14-21-23-15(24-22-14)11-3-5-12(6-4-11)16(18,19)20/h1-8H,9H2. The summed E-state index contributed by atoms with van der Waals surface area (Å²) >= 11 is 5.82. The molecular weight excluding hydrogens is 341 g/mol. The van der Waals surface area contributed by atoms with Crippen LogP contribution in [-0.4, -0.2) is 20.4 Å². The highest BCUT2D eigenvalue weighted by molar-refractivity contribution is 6.30. The van der Waals surface area contributed by atoms with Gasteiger partial charge in [-0.2, -0.15) is 13.2 Å². The molecule has 0 amide bonds. The Morgan fingerprint density at radius 2 is 1.38 bits per heavy atom. The van der Waals surface area contributed by atoms with E-state index in [2.05, 4.69) is 20.4 Å². The van der Waals surface area contributed by atoms with Gasteiger partial charge in [-0.25, -0.2) is 0 Å². The Hall–Kier alpha value is -2.54. The Kier molecular flexibility index (Phi) is 4.44. The van der Waals surface area contributed by atoms with Crippen LogP contribution in [0.1, 0.15) is 17.0 Å². The Bertz CT molecular complexity index is 816. The number of benzene rings is 2. The molecule has 0 bridgehead atoms. The van der Waals surface area contributed by atoms with Gasteiger partial charge in [0.1, 0.15) is 0 Å². The van der Waals surface area contributed by atoms with Crippen LogP contribution in [0.4, 0.5) is 13.2 Å². The minimum Gasteiger partial charge on any atom is -0.166 e. The fraction of sp³-hybridized carbons (Fsp3) is 0.125. The quantitative estimate of drug-likeness (QED) is 0.710. The molecule has 0 aliphatic carbocycles. The summed E-state index contributed by atoms with van der Waals surface area (Å²) in [7, 11) is 0. The lowest BCUT2D eigenvalue weighted by Gasteiger charge is -2.06. The van der Waals surface area contributed by atoms with Gasteiger partial charge in [0, 0.05) is 17.0 Å². The second-order valence-corrected chi connectivity index (χ2v) is 5.45. The van der Waals surface area contributed by atoms with Gasteiger partial charge in [0.2, 0.25) is 5.82 Å². The van der Waals surface area contributed by atoms with Gasteiger partial charge < -0.3 is 0 Å². The Morgan fingerprint density at radius 1 is 0.792 bits per heavy atom. The van der Waals surface area contributed by atoms with Crippen molar-refractivity contribution in [3.05, 3.63) is 70.5 Å². The van der Waals surface area contributed by atoms with Crippen molar-refractivity contribution < 1.29 is 13.2 Å². The first-order chi connectivity index (χ1) is 11.4. The molecule has 0 spiro atoms. The Labute approximate surface area is 140 Å². The smallest absolute Gasteiger partial charge is 0.166 e. The van der Waals surface area contributed by atoms with Gasteiger partial charge in [-0.05, 0) is 29.8 Å². The minimum absolute atomic E-state index is 0.170. The van der Waals surface area contributed by atoms with Crippen molar-refractivity contribution in [1.82, 2.24) is 20.4 Å². The Morgan fingerprint density at radius 3 is 1.92 bits per heavy atom. The summed E-state index contributed by atoms with van der Waals surface area (Å²) in [5, 5.41) is 16.4. The molecule has 24 heavy (non-hydrogen) atoms. The van der Waals surface area contributed by atoms with Crippen molar-refractivity contribution in [3.8, 4) is 11.4 Å². The average Bonchev–Trinajstić information content (AvgIpc) is 2.57. The first-order valence-electron chi connectivity index (χ1n) is 6.90. The van der Waals surface area contributed by atoms with Crippen LogP contribution in [0, 0.1) is 0 Å². The SMILES string of the molecule is FC(F)(F)c1ccc(-c2nnc(Cc3ccc(Cl)cc3)nn2)cc1. The summed E-state index contributed by atoms with van der Waals surface area (Å²) in [6, 6.07) is 11.7. The lowest BCUT2D eigenvalue weighted by Crippen LogP contribution is -2.05. The summed E-state index contributed by atoms with van der Waals surface area (Å²) < 4.78 is 37.6. The van der Waals surface area contributed by atoms with E-state index in [-0.39, 0.29) is 5.82 Å². The highest BCUT2D eigenvalue weighted by Gasteiger charge is 2.30. The van der Waals surface area contributed by atoms with E-state index in [4.69, 9.17) is 11.6 Å². The highest BCUT2D eigenvalue weighted by Crippen LogP contribution is 2.30. The molecule has 0 saturated carbocycles. The van der Waals surface area contributed by atoms with Crippen LogP contribution in [0.15, 0.2) is 48.5 Å². The number of aromatic nitrogens is 4. The van der Waals surface area contributed by atoms with E-state index in [1.54, 1.807) is 12.1 Å². The van der Waals surface area contributed by atoms with Crippen molar-refractivity contribution in [3.63, 3.8) is 0 Å². The first-order valence-corrected chi connectivity index (χ1v) is 7.28. The third-order valence-corrected chi connectivity index (χ3v) is 3.52. The van der Waals surface area contributed by atoms with Gasteiger partial charge in [-0.3, -0.25) is 0 Å². The normalized spacial score (nSPS) is 11.5. The van der Waals surface area contributed by atoms with Gasteiger partial charge in [-0.15, -0.1) is 20.4 Å². The molecule has 0 aliphatic heterocycles. The maximum Gasteiger partial charge on any atom is 0.416 e. The molecule has 3 aromatic rings. The van der Waals surface area contributed by atoms with E-state index in [1.807, 2.05) is 12.1 Å². The lowest BCUT2D eigenvalue weighted by atomic mass is 10.1. The van der Waals surface area contributed by atoms with E-state index in [0.29, 0.717) is 22.8 Å². The van der Waals surface area contributed by atoms with Crippen molar-refractivity contribution in [2.24, 2.45) is 0 Å². The molecule has 1 aromatic heterocycles. The first kappa shape index (κ1) is 16.3. The molecule has 3 rings (SSSR count). The third kappa shape index (κ3) is 3.86. The molecule has 122 valence electrons. The van der Waals surface area contributed by atoms with E-state index >= 15 is 0 Å². The molecule has 1 heterocycles. The maximum atomic E-state index is 12.5. The third-order valence-electron chi connectivity index (χ3n) is 3.27. The second-order valence-electron chi connectivity index (χ2n) is 5.02. The molecule has 0 saturated heterocycles. The summed E-state index contributed by atoms with van der Waals surface area (Å²) in [6.45, 7) is 0. The fourth-order valence-corrected chi connectivity index (χ4v) is 2.16. The van der Waals surface area contributed by atoms with Crippen molar-refractivity contribution in [1.29, 1.82) is 0 Å². The summed E-state index contributed by atoms with van der Waals surface area (Å²) in [5.74, 6) is 0.580. The zero-order valence-electron chi connectivity index (χ0n) is 12.1. The van der Waals surface area contributed by atoms with E-state index in [0.717, 1.165) is 17.7 Å². The van der Waals surface area contributed by atoms with Gasteiger partial charge in [0.05, 0.1) is 5.56 Å². The van der Waals surface area contributed by atoms with Gasteiger partial charge in [0.15, 0.2) is 5.82 Å². The number of hydrogen-bond acceptors (Lipinski definition) is 4. The van der Waals surface area contributed by atoms with Gasteiger partial charge in [-0.1, -0.05) is 35.9 Å². The molecule has 0 N–H and O–H groups in total. The van der Waals surface area contributed by atoms with Crippen LogP contribution in [0.3, 0.4) is 0 Å². The van der Waals surface area contributed by atoms with Crippen LogP contribution >= 0.6 is 11.6 Å². The van der Waals surface area contributed by atoms with Crippen LogP contribution in [0.5, 0.6) is 0 Å². The molecule has 0 radical (unpaired) electrons. The van der Waals surface area contributed by atoms with Crippen molar-refractivity contribution in [2.75, 3.05) is 0 Å². The van der Waals surface area contributed by atoms with Crippen LogP contribution in [-0.2, 0) is 12.6 Å². The zero-order valence-corrected chi connectivity index (χ0v) is 12.9. The molecule has 0 aliphatic rings. The largest absolute Gasteiger partial charge is 0.416 e. The Balaban J connectivity index is 1.75. The minimum atomic E-state index is -4.38. The molecule has 8 heteroatoms. The lowest BCUT2D eigenvalue weighted by molar-refractivity contribution is -0.137. The fourth-order valence-electron chi connectivity index (χ4n) is 2.03. The van der Waals surface area contributed by atoms with Gasteiger partial charge in [0.25, 0.3) is 0 Å². The predicted octanol–water partition coefficient (Wildman–Crippen LogP) is 4.20. The molecular formula is C16H10ClF3N4. The van der Waals surface area contributed by atoms with E-state index in [9.17, 15) is 13.2 Å². The number of hydrogen-bond donors (Lipinski definition) is 0. The van der Waals surface area contributed by atoms with E-state index in [1.165, 1.54) is 12.1 Å². The predicted molar refractivity (Wildman–Crippen MR) is 82.3 cm³/mol. The molecule has 2 aromatic carbocycles. The molecule has 0 fully saturated rings. The van der Waals surface area contributed by atoms with E-state index < -0.39 is 11.7 Å². The zero-order chi connectivity index (χ0) is 17.2. The monoisotopic (exact) mass is 350 g/mol. The topological polar surface area (TPSA) is 51.6 Å². The van der Waals surface area contributed by atoms with Crippen LogP contribution in [0.2, 0.25) is 5.02 Å². The molecule has 0 atom stereocenters. The maximum absolute atomic E-state index is 12.5. The van der Waals surface area contributed by atoms with Gasteiger partial charge >= 0.3 is 6.18 Å². The summed E-state index contributed by atoms with van der Waals surface area (Å²) in [6.07, 6.45) is -3.94. The van der Waals surface area contributed by atoms with Crippen LogP contribution < -0.4 is 0 Å². The molecule has 4 nitrogen and oxygen atoms in total. The number of halogens is 4. The molecule has 0 unspecified atom stereocenters. The van der Waals surface area contributed by atoms with Crippen molar-refractivity contribution >= 4 is 11.6 Å². The average molecular weight is 351 g/mol. The van der Waals surface area contributed by atoms with Crippen LogP contribution in [0.25, 0.3) is 11.4 Å². The summed E-state index contributed by atoms with van der Waals surface area (Å²) in [5.41, 5.74) is 0.637.